The van der Waals surface area contributed by atoms with Gasteiger partial charge in [-0.15, -0.1) is 0 Å². The van der Waals surface area contributed by atoms with E-state index in [9.17, 15) is 9.90 Å². The van der Waals surface area contributed by atoms with Crippen LogP contribution in [0.5, 0.6) is 0 Å². The van der Waals surface area contributed by atoms with Crippen LogP contribution >= 0.6 is 0 Å². The zero-order valence-electron chi connectivity index (χ0n) is 10.5. The number of hydrogen-bond donors (Lipinski definition) is 1. The number of aromatic nitrogens is 2. The predicted octanol–water partition coefficient (Wildman–Crippen LogP) is 1.83. The molecule has 1 aliphatic carbocycles. The molecule has 1 saturated carbocycles. The van der Waals surface area contributed by atoms with Gasteiger partial charge in [-0.1, -0.05) is 6.42 Å². The molecule has 3 rings (SSSR count). The van der Waals surface area contributed by atoms with Gasteiger partial charge in [0.05, 0.1) is 18.2 Å². The summed E-state index contributed by atoms with van der Waals surface area (Å²) in [7, 11) is 0. The standard InChI is InChI=1S/C13H19N3O2/c17-13(18)12(15-6-2-1-3-7-15)11-8-14-9-16(11)10-4-5-10/h8-10,12H,1-7H2,(H,17,18). The second-order valence-corrected chi connectivity index (χ2v) is 5.29. The molecule has 0 bridgehead atoms. The van der Waals surface area contributed by atoms with Crippen molar-refractivity contribution in [2.75, 3.05) is 13.1 Å². The molecule has 1 aromatic rings. The third-order valence-electron chi connectivity index (χ3n) is 3.91. The molecule has 0 radical (unpaired) electrons. The molecule has 0 amide bonds. The first-order chi connectivity index (χ1) is 8.77. The van der Waals surface area contributed by atoms with Crippen molar-refractivity contribution in [3.05, 3.63) is 18.2 Å². The molecule has 1 aromatic heterocycles. The minimum Gasteiger partial charge on any atom is -0.480 e. The molecule has 0 aromatic carbocycles. The van der Waals surface area contributed by atoms with Crippen LogP contribution in [-0.4, -0.2) is 38.6 Å². The average Bonchev–Trinajstić information content (AvgIpc) is 3.11. The number of aliphatic carboxylic acids is 1. The number of carbonyl (C=O) groups is 1. The maximum absolute atomic E-state index is 11.6. The molecule has 2 fully saturated rings. The Kier molecular flexibility index (Phi) is 3.07. The van der Waals surface area contributed by atoms with Gasteiger partial charge >= 0.3 is 5.97 Å². The molecule has 1 saturated heterocycles. The van der Waals surface area contributed by atoms with Gasteiger partial charge in [-0.2, -0.15) is 0 Å². The van der Waals surface area contributed by atoms with E-state index in [0.717, 1.165) is 44.5 Å². The van der Waals surface area contributed by atoms with Crippen LogP contribution in [0.3, 0.4) is 0 Å². The number of nitrogens with zero attached hydrogens (tertiary/aromatic N) is 3. The van der Waals surface area contributed by atoms with Gasteiger partial charge in [0.15, 0.2) is 6.04 Å². The summed E-state index contributed by atoms with van der Waals surface area (Å²) in [6.07, 6.45) is 9.22. The maximum atomic E-state index is 11.6. The van der Waals surface area contributed by atoms with Gasteiger partial charge in [-0.3, -0.25) is 9.69 Å². The second kappa shape index (κ2) is 4.72. The van der Waals surface area contributed by atoms with E-state index in [1.165, 1.54) is 6.42 Å². The van der Waals surface area contributed by atoms with E-state index in [-0.39, 0.29) is 0 Å². The van der Waals surface area contributed by atoms with Gasteiger partial charge in [0.2, 0.25) is 0 Å². The first-order valence-corrected chi connectivity index (χ1v) is 6.76. The largest absolute Gasteiger partial charge is 0.480 e. The van der Waals surface area contributed by atoms with Crippen molar-refractivity contribution in [1.29, 1.82) is 0 Å². The van der Waals surface area contributed by atoms with E-state index in [1.54, 1.807) is 12.5 Å². The first-order valence-electron chi connectivity index (χ1n) is 6.76. The van der Waals surface area contributed by atoms with Gasteiger partial charge in [-0.05, 0) is 38.8 Å². The van der Waals surface area contributed by atoms with Crippen molar-refractivity contribution in [3.63, 3.8) is 0 Å². The summed E-state index contributed by atoms with van der Waals surface area (Å²) in [5.41, 5.74) is 0.854. The molecule has 2 heterocycles. The highest BCUT2D eigenvalue weighted by Crippen LogP contribution is 2.38. The number of carboxylic acids is 1. The van der Waals surface area contributed by atoms with Crippen molar-refractivity contribution in [2.24, 2.45) is 0 Å². The monoisotopic (exact) mass is 249 g/mol. The highest BCUT2D eigenvalue weighted by Gasteiger charge is 2.34. The van der Waals surface area contributed by atoms with E-state index in [0.29, 0.717) is 6.04 Å². The zero-order chi connectivity index (χ0) is 12.5. The summed E-state index contributed by atoms with van der Waals surface area (Å²) in [4.78, 5) is 17.8. The Morgan fingerprint density at radius 3 is 2.67 bits per heavy atom. The molecular weight excluding hydrogens is 230 g/mol. The number of hydrogen-bond acceptors (Lipinski definition) is 3. The van der Waals surface area contributed by atoms with E-state index >= 15 is 0 Å². The van der Waals surface area contributed by atoms with Crippen molar-refractivity contribution >= 4 is 5.97 Å². The maximum Gasteiger partial charge on any atom is 0.327 e. The lowest BCUT2D eigenvalue weighted by Crippen LogP contribution is -2.38. The molecule has 5 nitrogen and oxygen atoms in total. The SMILES string of the molecule is O=C(O)C(c1cncn1C1CC1)N1CCCCC1. The topological polar surface area (TPSA) is 58.4 Å². The fraction of sp³-hybridized carbons (Fsp3) is 0.692. The lowest BCUT2D eigenvalue weighted by atomic mass is 10.1. The summed E-state index contributed by atoms with van der Waals surface area (Å²) in [6.45, 7) is 1.76. The zero-order valence-corrected chi connectivity index (χ0v) is 10.5. The molecule has 1 N–H and O–H groups in total. The van der Waals surface area contributed by atoms with Crippen molar-refractivity contribution in [1.82, 2.24) is 14.5 Å². The molecule has 1 atom stereocenters. The highest BCUT2D eigenvalue weighted by molar-refractivity contribution is 5.75. The van der Waals surface area contributed by atoms with Crippen molar-refractivity contribution in [2.45, 2.75) is 44.2 Å². The Bertz CT molecular complexity index is 433. The van der Waals surface area contributed by atoms with Crippen LogP contribution in [0, 0.1) is 0 Å². The summed E-state index contributed by atoms with van der Waals surface area (Å²) in [5, 5.41) is 9.54. The van der Waals surface area contributed by atoms with Crippen molar-refractivity contribution in [3.8, 4) is 0 Å². The molecule has 1 aliphatic heterocycles. The van der Waals surface area contributed by atoms with Gasteiger partial charge in [-0.25, -0.2) is 4.98 Å². The summed E-state index contributed by atoms with van der Waals surface area (Å²) < 4.78 is 2.06. The Labute approximate surface area is 106 Å². The van der Waals surface area contributed by atoms with E-state index in [4.69, 9.17) is 0 Å². The number of piperidine rings is 1. The Morgan fingerprint density at radius 2 is 2.06 bits per heavy atom. The first kappa shape index (κ1) is 11.7. The minimum atomic E-state index is -0.751. The Balaban J connectivity index is 1.87. The molecule has 0 spiro atoms. The Hall–Kier alpha value is -1.36. The normalized spacial score (nSPS) is 22.9. The molecule has 1 unspecified atom stereocenters. The fourth-order valence-corrected chi connectivity index (χ4v) is 2.83. The predicted molar refractivity (Wildman–Crippen MR) is 66.3 cm³/mol. The van der Waals surface area contributed by atoms with Crippen molar-refractivity contribution < 1.29 is 9.90 Å². The van der Waals surface area contributed by atoms with Crippen LogP contribution in [0.2, 0.25) is 0 Å². The van der Waals surface area contributed by atoms with Crippen LogP contribution in [0.1, 0.15) is 49.9 Å². The quantitative estimate of drug-likeness (QED) is 0.884. The molecule has 18 heavy (non-hydrogen) atoms. The van der Waals surface area contributed by atoms with Crippen LogP contribution < -0.4 is 0 Å². The van der Waals surface area contributed by atoms with Crippen LogP contribution in [0.25, 0.3) is 0 Å². The lowest BCUT2D eigenvalue weighted by molar-refractivity contribution is -0.144. The molecule has 98 valence electrons. The molecule has 5 heteroatoms. The average molecular weight is 249 g/mol. The number of carboxylic acid groups (broad SMARTS) is 1. The van der Waals surface area contributed by atoms with Gasteiger partial charge in [0.1, 0.15) is 0 Å². The van der Waals surface area contributed by atoms with Crippen LogP contribution in [-0.2, 0) is 4.79 Å². The molecular formula is C13H19N3O2. The van der Waals surface area contributed by atoms with E-state index in [2.05, 4.69) is 14.5 Å². The minimum absolute atomic E-state index is 0.481. The third-order valence-corrected chi connectivity index (χ3v) is 3.91. The molecule has 2 aliphatic rings. The second-order valence-electron chi connectivity index (χ2n) is 5.29. The van der Waals surface area contributed by atoms with Crippen LogP contribution in [0.4, 0.5) is 0 Å². The van der Waals surface area contributed by atoms with Gasteiger partial charge < -0.3 is 9.67 Å². The summed E-state index contributed by atoms with van der Waals surface area (Å²) in [6, 6.07) is -0.0393. The van der Waals surface area contributed by atoms with E-state index in [1.807, 2.05) is 0 Å². The summed E-state index contributed by atoms with van der Waals surface area (Å²) in [5.74, 6) is -0.751. The lowest BCUT2D eigenvalue weighted by Gasteiger charge is -2.32. The van der Waals surface area contributed by atoms with Crippen LogP contribution in [0.15, 0.2) is 12.5 Å². The van der Waals surface area contributed by atoms with Gasteiger partial charge in [0, 0.05) is 6.04 Å². The number of likely N-dealkylation sites (tertiary alicyclic amines) is 1. The fourth-order valence-electron chi connectivity index (χ4n) is 2.83. The number of rotatable bonds is 4. The van der Waals surface area contributed by atoms with E-state index < -0.39 is 12.0 Å². The smallest absolute Gasteiger partial charge is 0.327 e. The number of imidazole rings is 1. The Morgan fingerprint density at radius 1 is 1.33 bits per heavy atom. The highest BCUT2D eigenvalue weighted by atomic mass is 16.4. The summed E-state index contributed by atoms with van der Waals surface area (Å²) >= 11 is 0. The third kappa shape index (κ3) is 2.14. The van der Waals surface area contributed by atoms with Gasteiger partial charge in [0.25, 0.3) is 0 Å².